The van der Waals surface area contributed by atoms with Gasteiger partial charge in [-0.25, -0.2) is 0 Å². The van der Waals surface area contributed by atoms with Crippen molar-refractivity contribution in [2.45, 2.75) is 45.1 Å². The van der Waals surface area contributed by atoms with E-state index in [2.05, 4.69) is 13.5 Å². The Morgan fingerprint density at radius 1 is 1.33 bits per heavy atom. The molecule has 0 aromatic carbocycles. The Bertz CT molecular complexity index is 267. The fourth-order valence-corrected chi connectivity index (χ4v) is 4.58. The van der Waals surface area contributed by atoms with Gasteiger partial charge in [0.1, 0.15) is 0 Å². The highest BCUT2D eigenvalue weighted by molar-refractivity contribution is 5.16. The highest BCUT2D eigenvalue weighted by atomic mass is 14.8. The Labute approximate surface area is 93.1 Å². The van der Waals surface area contributed by atoms with E-state index in [0.717, 1.165) is 42.4 Å². The maximum absolute atomic E-state index is 6.34. The molecule has 0 radical (unpaired) electrons. The van der Waals surface area contributed by atoms with Crippen LogP contribution in [0.25, 0.3) is 0 Å². The van der Waals surface area contributed by atoms with Gasteiger partial charge in [0.05, 0.1) is 0 Å². The van der Waals surface area contributed by atoms with E-state index < -0.39 is 0 Å². The summed E-state index contributed by atoms with van der Waals surface area (Å²) in [7, 11) is 0. The average Bonchev–Trinajstić information content (AvgIpc) is 2.68. The van der Waals surface area contributed by atoms with E-state index >= 15 is 0 Å². The SMILES string of the molecule is C=C(CC)CC(N)C1C2C3CCC(C3)C12. The van der Waals surface area contributed by atoms with Crippen molar-refractivity contribution >= 4 is 0 Å². The van der Waals surface area contributed by atoms with Crippen molar-refractivity contribution in [2.75, 3.05) is 0 Å². The Morgan fingerprint density at radius 2 is 1.93 bits per heavy atom. The molecule has 5 unspecified atom stereocenters. The molecule has 0 aromatic rings. The van der Waals surface area contributed by atoms with Crippen molar-refractivity contribution in [3.8, 4) is 0 Å². The Hall–Kier alpha value is -0.300. The van der Waals surface area contributed by atoms with E-state index in [1.807, 2.05) is 0 Å². The number of nitrogens with two attached hydrogens (primary N) is 1. The van der Waals surface area contributed by atoms with Gasteiger partial charge in [-0.3, -0.25) is 0 Å². The second-order valence-electron chi connectivity index (χ2n) is 6.04. The van der Waals surface area contributed by atoms with Gasteiger partial charge in [0.15, 0.2) is 0 Å². The molecule has 0 spiro atoms. The monoisotopic (exact) mass is 205 g/mol. The second-order valence-corrected chi connectivity index (χ2v) is 6.04. The van der Waals surface area contributed by atoms with Crippen LogP contribution in [0.3, 0.4) is 0 Å². The van der Waals surface area contributed by atoms with Crippen LogP contribution in [0.15, 0.2) is 12.2 Å². The molecule has 2 N–H and O–H groups in total. The van der Waals surface area contributed by atoms with Crippen molar-refractivity contribution < 1.29 is 0 Å². The smallest absolute Gasteiger partial charge is 0.0110 e. The van der Waals surface area contributed by atoms with Gasteiger partial charge in [-0.05, 0) is 61.7 Å². The third-order valence-electron chi connectivity index (χ3n) is 5.31. The lowest BCUT2D eigenvalue weighted by Gasteiger charge is -2.16. The minimum Gasteiger partial charge on any atom is -0.327 e. The predicted molar refractivity (Wildman–Crippen MR) is 63.3 cm³/mol. The van der Waals surface area contributed by atoms with E-state index in [1.165, 1.54) is 24.8 Å². The van der Waals surface area contributed by atoms with Crippen molar-refractivity contribution in [1.29, 1.82) is 0 Å². The van der Waals surface area contributed by atoms with Crippen LogP contribution in [-0.4, -0.2) is 6.04 Å². The molecule has 2 bridgehead atoms. The third kappa shape index (κ3) is 1.39. The summed E-state index contributed by atoms with van der Waals surface area (Å²) in [5, 5.41) is 0. The van der Waals surface area contributed by atoms with Crippen LogP contribution in [0.2, 0.25) is 0 Å². The van der Waals surface area contributed by atoms with Crippen molar-refractivity contribution in [3.63, 3.8) is 0 Å². The molecular formula is C14H23N. The normalized spacial score (nSPS) is 47.7. The first kappa shape index (κ1) is 9.89. The number of hydrogen-bond acceptors (Lipinski definition) is 1. The third-order valence-corrected chi connectivity index (χ3v) is 5.31. The molecule has 0 aliphatic heterocycles. The highest BCUT2D eigenvalue weighted by Crippen LogP contribution is 2.70. The molecule has 1 nitrogen and oxygen atoms in total. The number of rotatable bonds is 4. The molecule has 3 aliphatic rings. The molecule has 0 aromatic heterocycles. The predicted octanol–water partition coefficient (Wildman–Crippen LogP) is 2.96. The van der Waals surface area contributed by atoms with Crippen LogP contribution in [0.4, 0.5) is 0 Å². The Kier molecular flexibility index (Phi) is 2.21. The summed E-state index contributed by atoms with van der Waals surface area (Å²) in [6.45, 7) is 6.28. The van der Waals surface area contributed by atoms with Crippen LogP contribution in [0.5, 0.6) is 0 Å². The molecule has 0 saturated heterocycles. The van der Waals surface area contributed by atoms with E-state index in [4.69, 9.17) is 5.73 Å². The quantitative estimate of drug-likeness (QED) is 0.702. The zero-order valence-electron chi connectivity index (χ0n) is 9.78. The molecule has 5 atom stereocenters. The summed E-state index contributed by atoms with van der Waals surface area (Å²) in [4.78, 5) is 0. The van der Waals surface area contributed by atoms with E-state index in [0.29, 0.717) is 6.04 Å². The summed E-state index contributed by atoms with van der Waals surface area (Å²) in [6, 6.07) is 0.427. The second kappa shape index (κ2) is 3.35. The van der Waals surface area contributed by atoms with Gasteiger partial charge >= 0.3 is 0 Å². The largest absolute Gasteiger partial charge is 0.327 e. The molecule has 3 aliphatic carbocycles. The molecule has 0 amide bonds. The Morgan fingerprint density at radius 3 is 2.47 bits per heavy atom. The van der Waals surface area contributed by atoms with Crippen molar-refractivity contribution in [1.82, 2.24) is 0 Å². The van der Waals surface area contributed by atoms with Crippen LogP contribution in [-0.2, 0) is 0 Å². The summed E-state index contributed by atoms with van der Waals surface area (Å²) >= 11 is 0. The molecule has 0 heterocycles. The summed E-state index contributed by atoms with van der Waals surface area (Å²) in [6.07, 6.45) is 6.72. The first-order valence-electron chi connectivity index (χ1n) is 6.64. The van der Waals surface area contributed by atoms with Gasteiger partial charge in [0.25, 0.3) is 0 Å². The summed E-state index contributed by atoms with van der Waals surface area (Å²) in [5.74, 6) is 5.06. The molecule has 84 valence electrons. The lowest BCUT2D eigenvalue weighted by atomic mass is 9.94. The molecule has 3 rings (SSSR count). The van der Waals surface area contributed by atoms with Gasteiger partial charge in [-0.2, -0.15) is 0 Å². The fourth-order valence-electron chi connectivity index (χ4n) is 4.58. The van der Waals surface area contributed by atoms with Crippen LogP contribution in [0.1, 0.15) is 39.0 Å². The maximum atomic E-state index is 6.34. The molecule has 3 fully saturated rings. The average molecular weight is 205 g/mol. The van der Waals surface area contributed by atoms with E-state index in [9.17, 15) is 0 Å². The minimum absolute atomic E-state index is 0.427. The van der Waals surface area contributed by atoms with Gasteiger partial charge < -0.3 is 5.73 Å². The van der Waals surface area contributed by atoms with Crippen LogP contribution in [0, 0.1) is 29.6 Å². The Balaban J connectivity index is 1.60. The zero-order valence-corrected chi connectivity index (χ0v) is 9.78. The molecule has 15 heavy (non-hydrogen) atoms. The maximum Gasteiger partial charge on any atom is 0.0110 e. The van der Waals surface area contributed by atoms with Gasteiger partial charge in [-0.15, -0.1) is 0 Å². The van der Waals surface area contributed by atoms with Crippen molar-refractivity contribution in [3.05, 3.63) is 12.2 Å². The lowest BCUT2D eigenvalue weighted by molar-refractivity contribution is 0.408. The highest BCUT2D eigenvalue weighted by Gasteiger charge is 2.65. The zero-order chi connectivity index (χ0) is 10.6. The van der Waals surface area contributed by atoms with E-state index in [1.54, 1.807) is 0 Å². The minimum atomic E-state index is 0.427. The summed E-state index contributed by atoms with van der Waals surface area (Å²) < 4.78 is 0. The van der Waals surface area contributed by atoms with Crippen molar-refractivity contribution in [2.24, 2.45) is 35.3 Å². The number of fused-ring (bicyclic) bond motifs is 5. The van der Waals surface area contributed by atoms with Gasteiger partial charge in [0, 0.05) is 6.04 Å². The molecular weight excluding hydrogens is 182 g/mol. The topological polar surface area (TPSA) is 26.0 Å². The van der Waals surface area contributed by atoms with Crippen LogP contribution < -0.4 is 5.73 Å². The molecule has 1 heteroatoms. The number of hydrogen-bond donors (Lipinski definition) is 1. The fraction of sp³-hybridized carbons (Fsp3) is 0.857. The van der Waals surface area contributed by atoms with Gasteiger partial charge in [0.2, 0.25) is 0 Å². The molecule has 3 saturated carbocycles. The van der Waals surface area contributed by atoms with E-state index in [-0.39, 0.29) is 0 Å². The lowest BCUT2D eigenvalue weighted by Crippen LogP contribution is -2.26. The van der Waals surface area contributed by atoms with Gasteiger partial charge in [-0.1, -0.05) is 19.1 Å². The summed E-state index contributed by atoms with van der Waals surface area (Å²) in [5.41, 5.74) is 7.68. The standard InChI is InChI=1S/C14H23N/c1-3-8(2)6-11(15)14-12-9-4-5-10(7-9)13(12)14/h9-14H,2-7,15H2,1H3. The van der Waals surface area contributed by atoms with Crippen LogP contribution >= 0.6 is 0 Å². The first-order chi connectivity index (χ1) is 7.22. The first-order valence-corrected chi connectivity index (χ1v) is 6.64.